The summed E-state index contributed by atoms with van der Waals surface area (Å²) >= 11 is 3.07. The number of hydrogen-bond donors (Lipinski definition) is 2. The van der Waals surface area contributed by atoms with Crippen LogP contribution in [0.1, 0.15) is 59.3 Å². The zero-order valence-corrected chi connectivity index (χ0v) is 23.7. The molecular formula is C28H45N3O2S2. The number of hydrogen-bond acceptors (Lipinski definition) is 7. The third-order valence-electron chi connectivity index (χ3n) is 6.09. The molecule has 2 aliphatic carbocycles. The minimum atomic E-state index is 0.478. The lowest BCUT2D eigenvalue weighted by molar-refractivity contribution is -0.104. The van der Waals surface area contributed by atoms with E-state index in [4.69, 9.17) is 5.73 Å². The average molecular weight is 520 g/mol. The molecule has 1 aliphatic heterocycles. The molecule has 196 valence electrons. The van der Waals surface area contributed by atoms with Crippen molar-refractivity contribution in [2.75, 3.05) is 32.4 Å². The van der Waals surface area contributed by atoms with Gasteiger partial charge < -0.3 is 15.8 Å². The van der Waals surface area contributed by atoms with Crippen LogP contribution in [0.15, 0.2) is 62.4 Å². The normalized spacial score (nSPS) is 23.3. The lowest BCUT2D eigenvalue weighted by Crippen LogP contribution is -2.33. The lowest BCUT2D eigenvalue weighted by atomic mass is 9.86. The first-order valence-electron chi connectivity index (χ1n) is 12.8. The fourth-order valence-electron chi connectivity index (χ4n) is 3.90. The number of rotatable bonds is 7. The summed E-state index contributed by atoms with van der Waals surface area (Å²) in [6.07, 6.45) is 17.6. The van der Waals surface area contributed by atoms with Crippen LogP contribution in [0.3, 0.4) is 0 Å². The maximum Gasteiger partial charge on any atom is 0.156 e. The van der Waals surface area contributed by atoms with Gasteiger partial charge in [-0.05, 0) is 88.2 Å². The van der Waals surface area contributed by atoms with Crippen LogP contribution in [0.5, 0.6) is 0 Å². The zero-order valence-electron chi connectivity index (χ0n) is 22.0. The Morgan fingerprint density at radius 1 is 1.29 bits per heavy atom. The average Bonchev–Trinajstić information content (AvgIpc) is 3.17. The van der Waals surface area contributed by atoms with E-state index in [1.165, 1.54) is 43.3 Å². The highest BCUT2D eigenvalue weighted by Crippen LogP contribution is 2.41. The number of nitrogens with zero attached hydrogens (tertiary/aromatic N) is 2. The lowest BCUT2D eigenvalue weighted by Gasteiger charge is -2.27. The number of likely N-dealkylation sites (tertiary alicyclic amines) is 1. The van der Waals surface area contributed by atoms with Crippen LogP contribution in [0.25, 0.3) is 0 Å². The van der Waals surface area contributed by atoms with Gasteiger partial charge in [0, 0.05) is 10.7 Å². The molecule has 0 amide bonds. The van der Waals surface area contributed by atoms with Crippen molar-refractivity contribution in [1.82, 2.24) is 4.90 Å². The number of nitrogens with two attached hydrogens (primary N) is 1. The molecule has 0 bridgehead atoms. The van der Waals surface area contributed by atoms with E-state index in [0.717, 1.165) is 65.7 Å². The summed E-state index contributed by atoms with van der Waals surface area (Å²) in [5.74, 6) is 2.14. The second-order valence-corrected chi connectivity index (χ2v) is 11.3. The van der Waals surface area contributed by atoms with Crippen molar-refractivity contribution < 1.29 is 10.0 Å². The Morgan fingerprint density at radius 2 is 2.00 bits per heavy atom. The molecule has 0 aromatic heterocycles. The molecule has 1 saturated carbocycles. The molecule has 1 atom stereocenters. The standard InChI is InChI=1S/C19H23NO2S2.C7H16N2.C2H6/c1-14-9-10-17(18(11-14)20-22)19(24-15(2)12-21)23-13-16-7-5-3-4-6-8-16;1-9-4-2-7(6-8)3-5-9;1-2/h3,5-8,12,14,22H,2,4,9-11,13H2,1H3;7H,2-6,8H2,1H3;1-2H3/b19-17+,20-18+;;. The van der Waals surface area contributed by atoms with E-state index >= 15 is 0 Å². The second-order valence-electron chi connectivity index (χ2n) is 8.93. The third kappa shape index (κ3) is 12.3. The molecule has 0 radical (unpaired) electrons. The van der Waals surface area contributed by atoms with Crippen molar-refractivity contribution in [3.8, 4) is 0 Å². The number of thioether (sulfide) groups is 2. The Balaban J connectivity index is 0.000000464. The maximum absolute atomic E-state index is 11.0. The Labute approximate surface area is 221 Å². The van der Waals surface area contributed by atoms with Gasteiger partial charge in [-0.3, -0.25) is 4.79 Å². The maximum atomic E-state index is 11.0. The van der Waals surface area contributed by atoms with Gasteiger partial charge in [-0.1, -0.05) is 74.6 Å². The van der Waals surface area contributed by atoms with Gasteiger partial charge in [0.05, 0.1) is 9.95 Å². The van der Waals surface area contributed by atoms with Crippen molar-refractivity contribution in [1.29, 1.82) is 0 Å². The highest BCUT2D eigenvalue weighted by Gasteiger charge is 2.24. The molecule has 35 heavy (non-hydrogen) atoms. The first kappa shape index (κ1) is 31.5. The van der Waals surface area contributed by atoms with Crippen LogP contribution in [0.2, 0.25) is 0 Å². The molecule has 5 nitrogen and oxygen atoms in total. The van der Waals surface area contributed by atoms with Crippen LogP contribution in [0.4, 0.5) is 0 Å². The molecule has 0 aromatic carbocycles. The van der Waals surface area contributed by atoms with Gasteiger partial charge in [0.1, 0.15) is 0 Å². The summed E-state index contributed by atoms with van der Waals surface area (Å²) in [5, 5.41) is 12.9. The van der Waals surface area contributed by atoms with E-state index in [9.17, 15) is 10.0 Å². The minimum Gasteiger partial charge on any atom is -0.411 e. The van der Waals surface area contributed by atoms with Crippen molar-refractivity contribution >= 4 is 35.5 Å². The minimum absolute atomic E-state index is 0.478. The Bertz CT molecular complexity index is 807. The molecule has 0 spiro atoms. The van der Waals surface area contributed by atoms with E-state index < -0.39 is 0 Å². The summed E-state index contributed by atoms with van der Waals surface area (Å²) in [4.78, 5) is 13.9. The quantitative estimate of drug-likeness (QED) is 0.167. The molecule has 1 unspecified atom stereocenters. The van der Waals surface area contributed by atoms with Gasteiger partial charge in [0.25, 0.3) is 0 Å². The number of allylic oxidation sites excluding steroid dienone is 7. The van der Waals surface area contributed by atoms with Gasteiger partial charge in [-0.15, -0.1) is 11.8 Å². The summed E-state index contributed by atoms with van der Waals surface area (Å²) < 4.78 is 1.02. The van der Waals surface area contributed by atoms with E-state index in [-0.39, 0.29) is 0 Å². The Kier molecular flexibility index (Phi) is 16.8. The smallest absolute Gasteiger partial charge is 0.156 e. The predicted molar refractivity (Wildman–Crippen MR) is 156 cm³/mol. The molecular weight excluding hydrogens is 474 g/mol. The van der Waals surface area contributed by atoms with Crippen LogP contribution in [0, 0.1) is 11.8 Å². The van der Waals surface area contributed by atoms with Crippen LogP contribution in [-0.4, -0.2) is 54.5 Å². The number of oxime groups is 1. The summed E-state index contributed by atoms with van der Waals surface area (Å²) in [5.41, 5.74) is 8.56. The van der Waals surface area contributed by atoms with Gasteiger partial charge in [0.15, 0.2) is 6.29 Å². The van der Waals surface area contributed by atoms with Crippen molar-refractivity contribution in [3.63, 3.8) is 0 Å². The Morgan fingerprint density at radius 3 is 2.63 bits per heavy atom. The van der Waals surface area contributed by atoms with Crippen LogP contribution < -0.4 is 5.73 Å². The molecule has 3 N–H and O–H groups in total. The monoisotopic (exact) mass is 519 g/mol. The third-order valence-corrected chi connectivity index (χ3v) is 8.47. The fraction of sp³-hybridized carbons (Fsp3) is 0.571. The van der Waals surface area contributed by atoms with Crippen LogP contribution in [-0.2, 0) is 4.79 Å². The first-order chi connectivity index (χ1) is 17.0. The van der Waals surface area contributed by atoms with Gasteiger partial charge >= 0.3 is 0 Å². The molecule has 1 saturated heterocycles. The van der Waals surface area contributed by atoms with E-state index in [1.54, 1.807) is 11.8 Å². The highest BCUT2D eigenvalue weighted by atomic mass is 32.2. The van der Waals surface area contributed by atoms with Gasteiger partial charge in [0.2, 0.25) is 0 Å². The van der Waals surface area contributed by atoms with Crippen molar-refractivity contribution in [2.45, 2.75) is 59.3 Å². The molecule has 3 aliphatic rings. The topological polar surface area (TPSA) is 78.9 Å². The molecule has 7 heteroatoms. The van der Waals surface area contributed by atoms with Crippen LogP contribution >= 0.6 is 23.5 Å². The van der Waals surface area contributed by atoms with Crippen molar-refractivity contribution in [3.05, 3.63) is 57.2 Å². The molecule has 0 aromatic rings. The van der Waals surface area contributed by atoms with Crippen molar-refractivity contribution in [2.24, 2.45) is 22.7 Å². The highest BCUT2D eigenvalue weighted by molar-refractivity contribution is 8.24. The Hall–Kier alpha value is -1.54. The summed E-state index contributed by atoms with van der Waals surface area (Å²) in [6.45, 7) is 13.3. The SMILES string of the molecule is C=C(C=O)S/C(SCC1=CC=CCC=C1)=C1\CCC(C)C\C1=N/O.CC.CN1CCC(CN)CC1. The van der Waals surface area contributed by atoms with E-state index in [1.807, 2.05) is 13.8 Å². The van der Waals surface area contributed by atoms with E-state index in [2.05, 4.69) is 61.0 Å². The number of carbonyl (C=O) groups excluding carboxylic acids is 1. The fourth-order valence-corrected chi connectivity index (χ4v) is 6.15. The van der Waals surface area contributed by atoms with Gasteiger partial charge in [-0.2, -0.15) is 0 Å². The summed E-state index contributed by atoms with van der Waals surface area (Å²) in [7, 11) is 2.17. The van der Waals surface area contributed by atoms with E-state index in [0.29, 0.717) is 10.8 Å². The number of carbonyl (C=O) groups is 1. The van der Waals surface area contributed by atoms with Gasteiger partial charge in [-0.25, -0.2) is 0 Å². The molecule has 3 rings (SSSR count). The zero-order chi connectivity index (χ0) is 26.1. The molecule has 2 fully saturated rings. The number of piperidine rings is 1. The second kappa shape index (κ2) is 18.7. The summed E-state index contributed by atoms with van der Waals surface area (Å²) in [6, 6.07) is 0. The largest absolute Gasteiger partial charge is 0.411 e. The number of aldehydes is 1. The predicted octanol–water partition coefficient (Wildman–Crippen LogP) is 6.78. The first-order valence-corrected chi connectivity index (χ1v) is 14.6. The molecule has 1 heterocycles.